The molecule has 2 amide bonds. The van der Waals surface area contributed by atoms with Gasteiger partial charge in [-0.3, -0.25) is 9.59 Å². The van der Waals surface area contributed by atoms with E-state index in [1.54, 1.807) is 26.0 Å². The van der Waals surface area contributed by atoms with Crippen LogP contribution in [0.4, 0.5) is 4.39 Å². The predicted octanol–water partition coefficient (Wildman–Crippen LogP) is 2.71. The van der Waals surface area contributed by atoms with Crippen molar-refractivity contribution in [3.63, 3.8) is 0 Å². The second kappa shape index (κ2) is 6.79. The van der Waals surface area contributed by atoms with Crippen LogP contribution < -0.4 is 5.32 Å². The molecule has 1 aliphatic heterocycles. The van der Waals surface area contributed by atoms with E-state index in [4.69, 9.17) is 4.52 Å². The van der Waals surface area contributed by atoms with Gasteiger partial charge in [0, 0.05) is 30.8 Å². The number of carbonyl (C=O) groups excluding carboxylic acids is 2. The van der Waals surface area contributed by atoms with E-state index < -0.39 is 0 Å². The van der Waals surface area contributed by atoms with Gasteiger partial charge in [0.25, 0.3) is 11.8 Å². The van der Waals surface area contributed by atoms with Gasteiger partial charge < -0.3 is 14.7 Å². The summed E-state index contributed by atoms with van der Waals surface area (Å²) in [5, 5.41) is 6.93. The molecule has 7 heteroatoms. The Labute approximate surface area is 156 Å². The van der Waals surface area contributed by atoms with Gasteiger partial charge in [0.1, 0.15) is 11.6 Å². The Morgan fingerprint density at radius 3 is 2.48 bits per heavy atom. The SMILES string of the molecule is Cc1cc(C(=O)N2C[C@H]3CC[C@@H](C2)C3NC(=O)c2ccc(F)c(C)c2)no1. The topological polar surface area (TPSA) is 75.4 Å². The third-order valence-corrected chi connectivity index (χ3v) is 5.69. The number of halogens is 1. The summed E-state index contributed by atoms with van der Waals surface area (Å²) in [5.74, 6) is 0.409. The molecule has 0 spiro atoms. The van der Waals surface area contributed by atoms with Gasteiger partial charge >= 0.3 is 0 Å². The average molecular weight is 371 g/mol. The summed E-state index contributed by atoms with van der Waals surface area (Å²) in [5.41, 5.74) is 1.25. The molecule has 2 aliphatic rings. The molecule has 27 heavy (non-hydrogen) atoms. The number of nitrogens with one attached hydrogen (secondary N) is 1. The lowest BCUT2D eigenvalue weighted by molar-refractivity contribution is 0.0589. The summed E-state index contributed by atoms with van der Waals surface area (Å²) in [7, 11) is 0. The number of rotatable bonds is 3. The maximum atomic E-state index is 13.4. The molecule has 1 N–H and O–H groups in total. The van der Waals surface area contributed by atoms with Crippen LogP contribution in [0.15, 0.2) is 28.8 Å². The van der Waals surface area contributed by atoms with E-state index >= 15 is 0 Å². The Morgan fingerprint density at radius 2 is 1.89 bits per heavy atom. The quantitative estimate of drug-likeness (QED) is 0.900. The molecule has 2 fully saturated rings. The van der Waals surface area contributed by atoms with E-state index in [9.17, 15) is 14.0 Å². The number of hydrogen-bond donors (Lipinski definition) is 1. The van der Waals surface area contributed by atoms with E-state index in [0.29, 0.717) is 35.7 Å². The standard InChI is InChI=1S/C20H22FN3O3/c1-11-7-13(5-6-16(11)21)19(25)22-18-14-3-4-15(18)10-24(9-14)20(26)17-8-12(2)27-23-17/h5-8,14-15,18H,3-4,9-10H2,1-2H3,(H,22,25)/t14-,15+,18?. The van der Waals surface area contributed by atoms with Crippen LogP contribution in [0.5, 0.6) is 0 Å². The molecule has 2 heterocycles. The van der Waals surface area contributed by atoms with Crippen LogP contribution in [0.2, 0.25) is 0 Å². The minimum Gasteiger partial charge on any atom is -0.361 e. The summed E-state index contributed by atoms with van der Waals surface area (Å²) in [4.78, 5) is 27.0. The highest BCUT2D eigenvalue weighted by Crippen LogP contribution is 2.37. The molecule has 1 aromatic heterocycles. The lowest BCUT2D eigenvalue weighted by Gasteiger charge is -2.38. The second-order valence-electron chi connectivity index (χ2n) is 7.59. The maximum Gasteiger partial charge on any atom is 0.276 e. The zero-order valence-corrected chi connectivity index (χ0v) is 15.4. The van der Waals surface area contributed by atoms with E-state index in [1.807, 2.05) is 4.90 Å². The molecule has 6 nitrogen and oxygen atoms in total. The molecule has 1 aromatic carbocycles. The molecule has 1 aliphatic carbocycles. The fraction of sp³-hybridized carbons (Fsp3) is 0.450. The Bertz CT molecular complexity index is 880. The van der Waals surface area contributed by atoms with Gasteiger partial charge in [0.2, 0.25) is 0 Å². The van der Waals surface area contributed by atoms with Gasteiger partial charge in [-0.15, -0.1) is 0 Å². The lowest BCUT2D eigenvalue weighted by atomic mass is 9.91. The third-order valence-electron chi connectivity index (χ3n) is 5.69. The molecule has 2 aromatic rings. The normalized spacial score (nSPS) is 24.1. The van der Waals surface area contributed by atoms with Crippen molar-refractivity contribution in [1.29, 1.82) is 0 Å². The fourth-order valence-corrected chi connectivity index (χ4v) is 4.27. The van der Waals surface area contributed by atoms with Gasteiger partial charge in [-0.1, -0.05) is 5.16 Å². The number of benzene rings is 1. The minimum atomic E-state index is -0.318. The van der Waals surface area contributed by atoms with Crippen LogP contribution in [0, 0.1) is 31.5 Å². The van der Waals surface area contributed by atoms with E-state index in [1.165, 1.54) is 12.1 Å². The molecule has 0 radical (unpaired) electrons. The zero-order valence-electron chi connectivity index (χ0n) is 15.4. The highest BCUT2D eigenvalue weighted by atomic mass is 19.1. The van der Waals surface area contributed by atoms with Crippen molar-refractivity contribution in [2.24, 2.45) is 11.8 Å². The number of likely N-dealkylation sites (tertiary alicyclic amines) is 1. The first-order valence-corrected chi connectivity index (χ1v) is 9.22. The monoisotopic (exact) mass is 371 g/mol. The number of amides is 2. The first-order valence-electron chi connectivity index (χ1n) is 9.22. The van der Waals surface area contributed by atoms with Crippen molar-refractivity contribution < 1.29 is 18.5 Å². The van der Waals surface area contributed by atoms with Gasteiger partial charge in [-0.05, 0) is 62.3 Å². The Kier molecular flexibility index (Phi) is 4.45. The predicted molar refractivity (Wildman–Crippen MR) is 95.7 cm³/mol. The molecule has 4 rings (SSSR count). The Balaban J connectivity index is 1.44. The zero-order chi connectivity index (χ0) is 19.1. The average Bonchev–Trinajstić information content (AvgIpc) is 3.16. The van der Waals surface area contributed by atoms with Crippen molar-refractivity contribution in [3.8, 4) is 0 Å². The summed E-state index contributed by atoms with van der Waals surface area (Å²) >= 11 is 0. The number of aromatic nitrogens is 1. The molecule has 1 saturated carbocycles. The fourth-order valence-electron chi connectivity index (χ4n) is 4.27. The number of carbonyl (C=O) groups is 2. The van der Waals surface area contributed by atoms with Crippen molar-refractivity contribution in [2.75, 3.05) is 13.1 Å². The van der Waals surface area contributed by atoms with Gasteiger partial charge in [0.15, 0.2) is 5.69 Å². The second-order valence-corrected chi connectivity index (χ2v) is 7.59. The van der Waals surface area contributed by atoms with Gasteiger partial charge in [-0.2, -0.15) is 0 Å². The van der Waals surface area contributed by atoms with E-state index in [0.717, 1.165) is 12.8 Å². The molecule has 1 unspecified atom stereocenters. The number of fused-ring (bicyclic) bond motifs is 2. The minimum absolute atomic E-state index is 0.0333. The lowest BCUT2D eigenvalue weighted by Crippen LogP contribution is -2.54. The highest BCUT2D eigenvalue weighted by molar-refractivity contribution is 5.95. The van der Waals surface area contributed by atoms with Crippen LogP contribution in [-0.2, 0) is 0 Å². The first-order chi connectivity index (χ1) is 12.9. The molecule has 2 bridgehead atoms. The van der Waals surface area contributed by atoms with Crippen molar-refractivity contribution in [2.45, 2.75) is 32.7 Å². The van der Waals surface area contributed by atoms with Crippen LogP contribution in [-0.4, -0.2) is 41.0 Å². The molecular weight excluding hydrogens is 349 g/mol. The maximum absolute atomic E-state index is 13.4. The number of aryl methyl sites for hydroxylation is 2. The third kappa shape index (κ3) is 3.34. The van der Waals surface area contributed by atoms with Crippen LogP contribution in [0.3, 0.4) is 0 Å². The molecule has 1 saturated heterocycles. The molecule has 3 atom stereocenters. The van der Waals surface area contributed by atoms with Crippen molar-refractivity contribution in [1.82, 2.24) is 15.4 Å². The number of nitrogens with zero attached hydrogens (tertiary/aromatic N) is 2. The summed E-state index contributed by atoms with van der Waals surface area (Å²) < 4.78 is 18.4. The van der Waals surface area contributed by atoms with Gasteiger partial charge in [0.05, 0.1) is 0 Å². The largest absolute Gasteiger partial charge is 0.361 e. The van der Waals surface area contributed by atoms with Gasteiger partial charge in [-0.25, -0.2) is 4.39 Å². The highest BCUT2D eigenvalue weighted by Gasteiger charge is 2.44. The van der Waals surface area contributed by atoms with E-state index in [-0.39, 0.29) is 35.5 Å². The Hall–Kier alpha value is -2.70. The smallest absolute Gasteiger partial charge is 0.276 e. The number of piperidine rings is 1. The van der Waals surface area contributed by atoms with Crippen molar-refractivity contribution in [3.05, 3.63) is 52.7 Å². The summed E-state index contributed by atoms with van der Waals surface area (Å²) in [6.07, 6.45) is 1.94. The van der Waals surface area contributed by atoms with Crippen LogP contribution in [0.1, 0.15) is 45.0 Å². The molecule has 142 valence electrons. The molecular formula is C20H22FN3O3. The Morgan fingerprint density at radius 1 is 1.19 bits per heavy atom. The first kappa shape index (κ1) is 17.7. The summed E-state index contributed by atoms with van der Waals surface area (Å²) in [6, 6.07) is 6.07. The van der Waals surface area contributed by atoms with Crippen molar-refractivity contribution >= 4 is 11.8 Å². The van der Waals surface area contributed by atoms with Crippen LogP contribution in [0.25, 0.3) is 0 Å². The number of hydrogen-bond acceptors (Lipinski definition) is 4. The summed E-state index contributed by atoms with van der Waals surface area (Å²) in [6.45, 7) is 4.58. The van der Waals surface area contributed by atoms with Crippen LogP contribution >= 0.6 is 0 Å². The van der Waals surface area contributed by atoms with E-state index in [2.05, 4.69) is 10.5 Å².